The van der Waals surface area contributed by atoms with Gasteiger partial charge in [0.2, 0.25) is 0 Å². The summed E-state index contributed by atoms with van der Waals surface area (Å²) in [6.45, 7) is 10.1. The normalized spacial score (nSPS) is 15.4. The number of hydrogen-bond acceptors (Lipinski definition) is 5. The Hall–Kier alpha value is -1.64. The lowest BCUT2D eigenvalue weighted by atomic mass is 10.1. The summed E-state index contributed by atoms with van der Waals surface area (Å²) in [5.74, 6) is -2.67. The van der Waals surface area contributed by atoms with Crippen molar-refractivity contribution in [3.8, 4) is 5.75 Å². The predicted octanol–water partition coefficient (Wildman–Crippen LogP) is 2.14. The van der Waals surface area contributed by atoms with Crippen molar-refractivity contribution in [1.29, 1.82) is 0 Å². The molecule has 2 rings (SSSR count). The molecular weight excluding hydrogens is 392 g/mol. The molecule has 25 heavy (non-hydrogen) atoms. The van der Waals surface area contributed by atoms with Gasteiger partial charge >= 0.3 is 11.9 Å². The third kappa shape index (κ3) is 7.41. The zero-order valence-electron chi connectivity index (χ0n) is 14.7. The molecule has 1 fully saturated rings. The van der Waals surface area contributed by atoms with Crippen LogP contribution in [-0.2, 0) is 16.1 Å². The van der Waals surface area contributed by atoms with Crippen LogP contribution in [0.25, 0.3) is 0 Å². The topological polar surface area (TPSA) is 90.3 Å². The Bertz CT molecular complexity index is 574. The van der Waals surface area contributed by atoms with Crippen molar-refractivity contribution in [3.05, 3.63) is 28.2 Å². The second-order valence-corrected chi connectivity index (χ2v) is 6.89. The van der Waals surface area contributed by atoms with E-state index in [0.717, 1.165) is 42.9 Å². The summed E-state index contributed by atoms with van der Waals surface area (Å²) in [6, 6.07) is 6.87. The molecule has 1 aliphatic heterocycles. The molecule has 1 aliphatic rings. The van der Waals surface area contributed by atoms with E-state index in [1.807, 2.05) is 12.1 Å². The molecule has 1 aromatic rings. The van der Waals surface area contributed by atoms with E-state index in [4.69, 9.17) is 24.5 Å². The van der Waals surface area contributed by atoms with E-state index >= 15 is 0 Å². The minimum atomic E-state index is -1.82. The van der Waals surface area contributed by atoms with E-state index in [0.29, 0.717) is 6.04 Å². The maximum atomic E-state index is 9.10. The van der Waals surface area contributed by atoms with Crippen molar-refractivity contribution in [1.82, 2.24) is 9.80 Å². The van der Waals surface area contributed by atoms with Gasteiger partial charge in [-0.05, 0) is 32.0 Å². The molecule has 0 aromatic heterocycles. The summed E-state index contributed by atoms with van der Waals surface area (Å²) in [4.78, 5) is 23.2. The Labute approximate surface area is 156 Å². The second kappa shape index (κ2) is 10.4. The van der Waals surface area contributed by atoms with Crippen LogP contribution in [0.4, 0.5) is 0 Å². The van der Waals surface area contributed by atoms with Crippen LogP contribution in [0.3, 0.4) is 0 Å². The van der Waals surface area contributed by atoms with Gasteiger partial charge in [-0.1, -0.05) is 15.9 Å². The van der Waals surface area contributed by atoms with E-state index in [2.05, 4.69) is 45.6 Å². The van der Waals surface area contributed by atoms with Crippen molar-refractivity contribution in [2.75, 3.05) is 33.3 Å². The summed E-state index contributed by atoms with van der Waals surface area (Å²) < 4.78 is 6.56. The highest BCUT2D eigenvalue weighted by Gasteiger charge is 2.19. The van der Waals surface area contributed by atoms with Crippen molar-refractivity contribution in [2.24, 2.45) is 0 Å². The van der Waals surface area contributed by atoms with Gasteiger partial charge in [0, 0.05) is 48.8 Å². The Kier molecular flexibility index (Phi) is 8.88. The van der Waals surface area contributed by atoms with Crippen LogP contribution in [0.5, 0.6) is 5.75 Å². The Morgan fingerprint density at radius 1 is 1.16 bits per heavy atom. The number of carboxylic acid groups (broad SMARTS) is 2. The lowest BCUT2D eigenvalue weighted by Gasteiger charge is -2.37. The molecule has 0 atom stereocenters. The maximum absolute atomic E-state index is 9.10. The minimum Gasteiger partial charge on any atom is -0.496 e. The number of ether oxygens (including phenoxy) is 1. The largest absolute Gasteiger partial charge is 0.496 e. The average molecular weight is 417 g/mol. The number of halogens is 1. The van der Waals surface area contributed by atoms with E-state index < -0.39 is 11.9 Å². The Morgan fingerprint density at radius 2 is 1.72 bits per heavy atom. The molecule has 0 bridgehead atoms. The first-order chi connectivity index (χ1) is 11.7. The van der Waals surface area contributed by atoms with Crippen molar-refractivity contribution in [3.63, 3.8) is 0 Å². The molecule has 2 N–H and O–H groups in total. The van der Waals surface area contributed by atoms with Gasteiger partial charge in [0.15, 0.2) is 0 Å². The third-order valence-electron chi connectivity index (χ3n) is 3.96. The van der Waals surface area contributed by atoms with Gasteiger partial charge in [0.25, 0.3) is 0 Å². The molecule has 0 unspecified atom stereocenters. The Morgan fingerprint density at radius 3 is 2.16 bits per heavy atom. The van der Waals surface area contributed by atoms with Gasteiger partial charge in [-0.3, -0.25) is 9.80 Å². The number of methoxy groups -OCH3 is 1. The van der Waals surface area contributed by atoms with Crippen molar-refractivity contribution in [2.45, 2.75) is 26.4 Å². The van der Waals surface area contributed by atoms with Gasteiger partial charge in [0.1, 0.15) is 5.75 Å². The number of carboxylic acids is 2. The SMILES string of the molecule is COc1ccc(Br)cc1CN1CCN(C(C)C)CC1.O=C(O)C(=O)O. The number of nitrogens with zero attached hydrogens (tertiary/aromatic N) is 2. The maximum Gasteiger partial charge on any atom is 0.414 e. The third-order valence-corrected chi connectivity index (χ3v) is 4.45. The number of carbonyl (C=O) groups is 2. The monoisotopic (exact) mass is 416 g/mol. The molecule has 0 spiro atoms. The quantitative estimate of drug-likeness (QED) is 0.726. The van der Waals surface area contributed by atoms with Crippen LogP contribution in [0.15, 0.2) is 22.7 Å². The van der Waals surface area contributed by atoms with Gasteiger partial charge in [0.05, 0.1) is 7.11 Å². The smallest absolute Gasteiger partial charge is 0.414 e. The first-order valence-corrected chi connectivity index (χ1v) is 8.79. The lowest BCUT2D eigenvalue weighted by Crippen LogP contribution is -2.48. The molecule has 140 valence electrons. The van der Waals surface area contributed by atoms with E-state index in [1.165, 1.54) is 5.56 Å². The zero-order valence-corrected chi connectivity index (χ0v) is 16.3. The van der Waals surface area contributed by atoms with Gasteiger partial charge in [-0.2, -0.15) is 0 Å². The van der Waals surface area contributed by atoms with Crippen LogP contribution >= 0.6 is 15.9 Å². The lowest BCUT2D eigenvalue weighted by molar-refractivity contribution is -0.159. The number of rotatable bonds is 4. The van der Waals surface area contributed by atoms with Gasteiger partial charge in [-0.15, -0.1) is 0 Å². The number of piperazine rings is 1. The highest BCUT2D eigenvalue weighted by atomic mass is 79.9. The number of aliphatic carboxylic acids is 2. The minimum absolute atomic E-state index is 0.655. The van der Waals surface area contributed by atoms with E-state index in [1.54, 1.807) is 7.11 Å². The van der Waals surface area contributed by atoms with Gasteiger partial charge < -0.3 is 14.9 Å². The molecule has 0 aliphatic carbocycles. The highest BCUT2D eigenvalue weighted by Crippen LogP contribution is 2.24. The number of benzene rings is 1. The van der Waals surface area contributed by atoms with E-state index in [9.17, 15) is 0 Å². The summed E-state index contributed by atoms with van der Waals surface area (Å²) in [5.41, 5.74) is 1.26. The molecule has 1 aromatic carbocycles. The molecule has 1 saturated heterocycles. The fourth-order valence-corrected chi connectivity index (χ4v) is 2.96. The highest BCUT2D eigenvalue weighted by molar-refractivity contribution is 9.10. The summed E-state index contributed by atoms with van der Waals surface area (Å²) in [6.07, 6.45) is 0. The first kappa shape index (κ1) is 21.4. The van der Waals surface area contributed by atoms with E-state index in [-0.39, 0.29) is 0 Å². The van der Waals surface area contributed by atoms with Crippen LogP contribution < -0.4 is 4.74 Å². The fourth-order valence-electron chi connectivity index (χ4n) is 2.55. The summed E-state index contributed by atoms with van der Waals surface area (Å²) in [5, 5.41) is 14.8. The molecule has 1 heterocycles. The van der Waals surface area contributed by atoms with Crippen LogP contribution in [0.2, 0.25) is 0 Å². The molecule has 8 heteroatoms. The Balaban J connectivity index is 0.000000450. The zero-order chi connectivity index (χ0) is 19.0. The summed E-state index contributed by atoms with van der Waals surface area (Å²) >= 11 is 3.54. The standard InChI is InChI=1S/C15H23BrN2O.C2H2O4/c1-12(2)18-8-6-17(7-9-18)11-13-10-14(16)4-5-15(13)19-3;3-1(4)2(5)6/h4-5,10,12H,6-9,11H2,1-3H3;(H,3,4)(H,5,6). The fraction of sp³-hybridized carbons (Fsp3) is 0.529. The number of hydrogen-bond donors (Lipinski definition) is 2. The molecule has 7 nitrogen and oxygen atoms in total. The predicted molar refractivity (Wildman–Crippen MR) is 98.0 cm³/mol. The van der Waals surface area contributed by atoms with Crippen LogP contribution in [0, 0.1) is 0 Å². The summed E-state index contributed by atoms with van der Waals surface area (Å²) in [7, 11) is 1.74. The van der Waals surface area contributed by atoms with Crippen molar-refractivity contribution >= 4 is 27.9 Å². The molecule has 0 radical (unpaired) electrons. The second-order valence-electron chi connectivity index (χ2n) is 5.97. The first-order valence-electron chi connectivity index (χ1n) is 7.99. The van der Waals surface area contributed by atoms with Crippen LogP contribution in [-0.4, -0.2) is 71.3 Å². The average Bonchev–Trinajstić information content (AvgIpc) is 2.56. The molecular formula is C17H25BrN2O5. The van der Waals surface area contributed by atoms with Gasteiger partial charge in [-0.25, -0.2) is 9.59 Å². The van der Waals surface area contributed by atoms with Crippen LogP contribution in [0.1, 0.15) is 19.4 Å². The molecule has 0 saturated carbocycles. The van der Waals surface area contributed by atoms with Crippen molar-refractivity contribution < 1.29 is 24.5 Å². The molecule has 0 amide bonds.